The minimum absolute atomic E-state index is 0.124. The topological polar surface area (TPSA) is 95.0 Å². The van der Waals surface area contributed by atoms with E-state index >= 15 is 0 Å². The van der Waals surface area contributed by atoms with Gasteiger partial charge in [0, 0.05) is 26.2 Å². The molecule has 2 heterocycles. The lowest BCUT2D eigenvalue weighted by Gasteiger charge is -2.28. The molecule has 10 heteroatoms. The van der Waals surface area contributed by atoms with Crippen LogP contribution in [0.25, 0.3) is 0 Å². The second-order valence-electron chi connectivity index (χ2n) is 6.04. The number of carbonyl (C=O) groups is 2. The number of nitrogens with zero attached hydrogens (tertiary/aromatic N) is 2. The highest BCUT2D eigenvalue weighted by molar-refractivity contribution is 7.91. The van der Waals surface area contributed by atoms with Gasteiger partial charge in [-0.3, -0.25) is 9.59 Å². The Morgan fingerprint density at radius 3 is 2.42 bits per heavy atom. The lowest BCUT2D eigenvalue weighted by Crippen LogP contribution is -2.46. The zero-order chi connectivity index (χ0) is 18.1. The van der Waals surface area contributed by atoms with Crippen molar-refractivity contribution in [1.29, 1.82) is 0 Å². The van der Waals surface area contributed by atoms with Crippen molar-refractivity contribution >= 4 is 44.8 Å². The van der Waals surface area contributed by atoms with Crippen molar-refractivity contribution in [3.8, 4) is 0 Å². The van der Waals surface area contributed by atoms with Crippen LogP contribution in [-0.2, 0) is 19.6 Å². The Kier molecular flexibility index (Phi) is 5.58. The highest BCUT2D eigenvalue weighted by Gasteiger charge is 2.40. The monoisotopic (exact) mass is 394 g/mol. The molecule has 1 fully saturated rings. The third kappa shape index (κ3) is 3.74. The van der Waals surface area contributed by atoms with Crippen LogP contribution in [0.4, 0.5) is 0 Å². The Labute approximate surface area is 149 Å². The second-order valence-corrected chi connectivity index (χ2v) is 9.92. The summed E-state index contributed by atoms with van der Waals surface area (Å²) in [5.41, 5.74) is -1.53. The van der Waals surface area contributed by atoms with Gasteiger partial charge in [0.15, 0.2) is 0 Å². The molecule has 0 spiro atoms. The summed E-state index contributed by atoms with van der Waals surface area (Å²) in [7, 11) is -3.65. The standard InChI is InChI=1S/C14H19ClN2O5S2/c1-14(2,13(19)20)12(18)16-6-3-7-17(9-8-16)24(21,22)11-5-4-10(15)23-11/h4-5H,3,6-9H2,1-2H3,(H,19,20). The molecule has 0 unspecified atom stereocenters. The predicted octanol–water partition coefficient (Wildman–Crippen LogP) is 1.74. The summed E-state index contributed by atoms with van der Waals surface area (Å²) in [6, 6.07) is 2.99. The van der Waals surface area contributed by atoms with E-state index in [1.54, 1.807) is 0 Å². The van der Waals surface area contributed by atoms with Crippen LogP contribution in [0.2, 0.25) is 4.34 Å². The first-order valence-corrected chi connectivity index (χ1v) is 9.98. The molecule has 2 rings (SSSR count). The largest absolute Gasteiger partial charge is 0.480 e. The average Bonchev–Trinajstić information content (AvgIpc) is 2.80. The molecular weight excluding hydrogens is 376 g/mol. The van der Waals surface area contributed by atoms with Crippen LogP contribution in [0.1, 0.15) is 20.3 Å². The van der Waals surface area contributed by atoms with E-state index in [-0.39, 0.29) is 23.8 Å². The highest BCUT2D eigenvalue weighted by Crippen LogP contribution is 2.29. The van der Waals surface area contributed by atoms with E-state index in [9.17, 15) is 23.1 Å². The summed E-state index contributed by atoms with van der Waals surface area (Å²) in [6.07, 6.45) is 0.444. The number of carbonyl (C=O) groups excluding carboxylic acids is 1. The molecule has 1 aliphatic heterocycles. The van der Waals surface area contributed by atoms with E-state index in [1.807, 2.05) is 0 Å². The molecule has 0 bridgehead atoms. The number of amides is 1. The first-order chi connectivity index (χ1) is 11.1. The van der Waals surface area contributed by atoms with Crippen molar-refractivity contribution < 1.29 is 23.1 Å². The number of hydrogen-bond acceptors (Lipinski definition) is 5. The van der Waals surface area contributed by atoms with Gasteiger partial charge in [0.2, 0.25) is 5.91 Å². The van der Waals surface area contributed by atoms with Crippen LogP contribution in [0, 0.1) is 5.41 Å². The molecule has 1 amide bonds. The number of thiophene rings is 1. The Hall–Kier alpha value is -1.16. The number of carboxylic acids is 1. The molecule has 7 nitrogen and oxygen atoms in total. The van der Waals surface area contributed by atoms with Crippen LogP contribution in [0.5, 0.6) is 0 Å². The summed E-state index contributed by atoms with van der Waals surface area (Å²) in [5, 5.41) is 9.18. The normalized spacial score (nSPS) is 17.5. The molecule has 0 radical (unpaired) electrons. The van der Waals surface area contributed by atoms with Gasteiger partial charge in [-0.05, 0) is 32.4 Å². The summed E-state index contributed by atoms with van der Waals surface area (Å²) < 4.78 is 27.1. The molecule has 1 aromatic heterocycles. The molecule has 1 aromatic rings. The number of rotatable bonds is 4. The average molecular weight is 395 g/mol. The fourth-order valence-corrected chi connectivity index (χ4v) is 5.49. The Bertz CT molecular complexity index is 744. The van der Waals surface area contributed by atoms with Crippen molar-refractivity contribution in [3.05, 3.63) is 16.5 Å². The van der Waals surface area contributed by atoms with Gasteiger partial charge in [-0.1, -0.05) is 11.6 Å². The van der Waals surface area contributed by atoms with Crippen LogP contribution in [0.3, 0.4) is 0 Å². The summed E-state index contributed by atoms with van der Waals surface area (Å²) in [5.74, 6) is -1.71. The van der Waals surface area contributed by atoms with E-state index in [4.69, 9.17) is 11.6 Å². The van der Waals surface area contributed by atoms with Crippen molar-refractivity contribution in [3.63, 3.8) is 0 Å². The highest BCUT2D eigenvalue weighted by atomic mass is 35.5. The minimum Gasteiger partial charge on any atom is -0.480 e. The summed E-state index contributed by atoms with van der Waals surface area (Å²) >= 11 is 6.80. The number of aliphatic carboxylic acids is 1. The molecule has 0 aliphatic carbocycles. The van der Waals surface area contributed by atoms with Gasteiger partial charge in [-0.25, -0.2) is 8.42 Å². The van der Waals surface area contributed by atoms with Crippen molar-refractivity contribution in [2.45, 2.75) is 24.5 Å². The lowest BCUT2D eigenvalue weighted by atomic mass is 9.92. The number of halogens is 1. The maximum absolute atomic E-state index is 12.6. The Balaban J connectivity index is 2.13. The molecular formula is C14H19ClN2O5S2. The third-order valence-electron chi connectivity index (χ3n) is 3.95. The van der Waals surface area contributed by atoms with E-state index in [0.717, 1.165) is 11.3 Å². The molecule has 1 N–H and O–H groups in total. The Morgan fingerprint density at radius 1 is 1.21 bits per heavy atom. The van der Waals surface area contributed by atoms with E-state index in [1.165, 1.54) is 35.2 Å². The molecule has 0 atom stereocenters. The number of hydrogen-bond donors (Lipinski definition) is 1. The van der Waals surface area contributed by atoms with Crippen LogP contribution >= 0.6 is 22.9 Å². The lowest BCUT2D eigenvalue weighted by molar-refractivity contribution is -0.158. The number of sulfonamides is 1. The van der Waals surface area contributed by atoms with Gasteiger partial charge < -0.3 is 10.0 Å². The van der Waals surface area contributed by atoms with Crippen LogP contribution < -0.4 is 0 Å². The van der Waals surface area contributed by atoms with Gasteiger partial charge in [0.1, 0.15) is 9.62 Å². The van der Waals surface area contributed by atoms with Gasteiger partial charge >= 0.3 is 5.97 Å². The minimum atomic E-state index is -3.65. The second kappa shape index (κ2) is 6.99. The zero-order valence-corrected chi connectivity index (χ0v) is 15.7. The van der Waals surface area contributed by atoms with Crippen molar-refractivity contribution in [2.75, 3.05) is 26.2 Å². The molecule has 1 aliphatic rings. The maximum Gasteiger partial charge on any atom is 0.318 e. The number of carboxylic acid groups (broad SMARTS) is 1. The fraction of sp³-hybridized carbons (Fsp3) is 0.571. The van der Waals surface area contributed by atoms with E-state index in [0.29, 0.717) is 17.3 Å². The molecule has 24 heavy (non-hydrogen) atoms. The molecule has 0 aromatic carbocycles. The van der Waals surface area contributed by atoms with E-state index in [2.05, 4.69) is 0 Å². The van der Waals surface area contributed by atoms with Gasteiger partial charge in [-0.2, -0.15) is 4.31 Å². The predicted molar refractivity (Wildman–Crippen MR) is 90.7 cm³/mol. The Morgan fingerprint density at radius 2 is 1.88 bits per heavy atom. The first-order valence-electron chi connectivity index (χ1n) is 7.35. The van der Waals surface area contributed by atoms with Crippen LogP contribution in [-0.4, -0.2) is 60.8 Å². The van der Waals surface area contributed by atoms with Crippen molar-refractivity contribution in [1.82, 2.24) is 9.21 Å². The van der Waals surface area contributed by atoms with E-state index < -0.39 is 27.3 Å². The smallest absolute Gasteiger partial charge is 0.318 e. The molecule has 0 saturated carbocycles. The zero-order valence-electron chi connectivity index (χ0n) is 13.4. The molecule has 1 saturated heterocycles. The quantitative estimate of drug-likeness (QED) is 0.785. The van der Waals surface area contributed by atoms with Gasteiger partial charge in [0.05, 0.1) is 4.34 Å². The summed E-state index contributed by atoms with van der Waals surface area (Å²) in [6.45, 7) is 3.59. The maximum atomic E-state index is 12.6. The molecule has 134 valence electrons. The van der Waals surface area contributed by atoms with Gasteiger partial charge in [-0.15, -0.1) is 11.3 Å². The fourth-order valence-electron chi connectivity index (χ4n) is 2.39. The SMILES string of the molecule is CC(C)(C(=O)O)C(=O)N1CCCN(S(=O)(=O)c2ccc(Cl)s2)CC1. The van der Waals surface area contributed by atoms with Crippen molar-refractivity contribution in [2.24, 2.45) is 5.41 Å². The van der Waals surface area contributed by atoms with Gasteiger partial charge in [0.25, 0.3) is 10.0 Å². The first kappa shape index (κ1) is 19.2. The van der Waals surface area contributed by atoms with Crippen LogP contribution in [0.15, 0.2) is 16.3 Å². The summed E-state index contributed by atoms with van der Waals surface area (Å²) in [4.78, 5) is 25.1. The third-order valence-corrected chi connectivity index (χ3v) is 7.55.